The van der Waals surface area contributed by atoms with Crippen LogP contribution in [0.3, 0.4) is 0 Å². The molecule has 174 valence electrons. The van der Waals surface area contributed by atoms with E-state index in [1.165, 1.54) is 0 Å². The van der Waals surface area contributed by atoms with Gasteiger partial charge in [-0.05, 0) is 35.1 Å². The van der Waals surface area contributed by atoms with Crippen molar-refractivity contribution in [2.75, 3.05) is 13.2 Å². The Hall–Kier alpha value is -3.39. The molecule has 2 aromatic rings. The zero-order valence-electron chi connectivity index (χ0n) is 18.2. The minimum atomic E-state index is -1.20. The van der Waals surface area contributed by atoms with Crippen molar-refractivity contribution in [3.63, 3.8) is 0 Å². The number of ether oxygens (including phenoxy) is 1. The highest BCUT2D eigenvalue weighted by molar-refractivity contribution is 5.86. The van der Waals surface area contributed by atoms with E-state index in [2.05, 4.69) is 22.8 Å². The van der Waals surface area contributed by atoms with Crippen molar-refractivity contribution in [3.8, 4) is 11.1 Å². The fourth-order valence-corrected chi connectivity index (χ4v) is 4.90. The van der Waals surface area contributed by atoms with Crippen molar-refractivity contribution < 1.29 is 29.3 Å². The van der Waals surface area contributed by atoms with Crippen molar-refractivity contribution in [1.29, 1.82) is 0 Å². The second kappa shape index (κ2) is 10.0. The van der Waals surface area contributed by atoms with Crippen molar-refractivity contribution in [2.24, 2.45) is 5.92 Å². The van der Waals surface area contributed by atoms with Gasteiger partial charge in [-0.2, -0.15) is 0 Å². The summed E-state index contributed by atoms with van der Waals surface area (Å²) in [5.41, 5.74) is 4.53. The second-order valence-corrected chi connectivity index (χ2v) is 8.53. The minimum Gasteiger partial charge on any atom is -0.480 e. The molecule has 3 atom stereocenters. The molecule has 2 aliphatic carbocycles. The average molecular weight is 453 g/mol. The van der Waals surface area contributed by atoms with Gasteiger partial charge in [0.1, 0.15) is 12.6 Å². The van der Waals surface area contributed by atoms with Gasteiger partial charge in [-0.1, -0.05) is 55.0 Å². The molecule has 0 radical (unpaired) electrons. The van der Waals surface area contributed by atoms with E-state index in [9.17, 15) is 19.5 Å². The lowest BCUT2D eigenvalue weighted by Crippen LogP contribution is -2.49. The van der Waals surface area contributed by atoms with E-state index in [0.29, 0.717) is 12.8 Å². The van der Waals surface area contributed by atoms with Crippen LogP contribution < -0.4 is 10.6 Å². The largest absolute Gasteiger partial charge is 0.480 e. The molecule has 3 unspecified atom stereocenters. The molecule has 0 bridgehead atoms. The van der Waals surface area contributed by atoms with Crippen LogP contribution in [0.2, 0.25) is 0 Å². The number of alkyl carbamates (subject to hydrolysis) is 1. The van der Waals surface area contributed by atoms with Gasteiger partial charge in [-0.25, -0.2) is 9.59 Å². The third kappa shape index (κ3) is 4.85. The first-order valence-electron chi connectivity index (χ1n) is 11.2. The molecule has 2 amide bonds. The number of aliphatic hydroxyl groups is 1. The summed E-state index contributed by atoms with van der Waals surface area (Å²) in [5.74, 6) is -2.22. The molecule has 0 aromatic heterocycles. The summed E-state index contributed by atoms with van der Waals surface area (Å²) >= 11 is 0. The monoisotopic (exact) mass is 452 g/mol. The average Bonchev–Trinajstić information content (AvgIpc) is 3.40. The summed E-state index contributed by atoms with van der Waals surface area (Å²) in [5, 5.41) is 23.5. The number of amides is 2. The molecule has 33 heavy (non-hydrogen) atoms. The number of aliphatic carboxylic acids is 1. The molecular weight excluding hydrogens is 424 g/mol. The van der Waals surface area contributed by atoms with E-state index in [0.717, 1.165) is 28.7 Å². The first-order chi connectivity index (χ1) is 16.0. The maximum absolute atomic E-state index is 12.6. The molecule has 8 nitrogen and oxygen atoms in total. The summed E-state index contributed by atoms with van der Waals surface area (Å²) in [6.45, 7) is -0.162. The van der Waals surface area contributed by atoms with Crippen molar-refractivity contribution in [2.45, 2.75) is 43.7 Å². The molecule has 4 N–H and O–H groups in total. The predicted molar refractivity (Wildman–Crippen MR) is 121 cm³/mol. The summed E-state index contributed by atoms with van der Waals surface area (Å²) in [7, 11) is 0. The van der Waals surface area contributed by atoms with Gasteiger partial charge >= 0.3 is 12.1 Å². The lowest BCUT2D eigenvalue weighted by Gasteiger charge is -2.23. The van der Waals surface area contributed by atoms with Crippen LogP contribution in [0.1, 0.15) is 42.7 Å². The van der Waals surface area contributed by atoms with Gasteiger partial charge in [-0.15, -0.1) is 0 Å². The lowest BCUT2D eigenvalue weighted by molar-refractivity contribution is -0.143. The Morgan fingerprint density at radius 1 is 1.00 bits per heavy atom. The quantitative estimate of drug-likeness (QED) is 0.488. The Morgan fingerprint density at radius 3 is 2.24 bits per heavy atom. The van der Waals surface area contributed by atoms with Crippen molar-refractivity contribution in [1.82, 2.24) is 10.6 Å². The van der Waals surface area contributed by atoms with Crippen LogP contribution >= 0.6 is 0 Å². The zero-order chi connectivity index (χ0) is 23.4. The Balaban J connectivity index is 1.36. The molecule has 1 saturated carbocycles. The summed E-state index contributed by atoms with van der Waals surface area (Å²) in [4.78, 5) is 36.5. The molecule has 0 heterocycles. The van der Waals surface area contributed by atoms with Gasteiger partial charge in [-0.3, -0.25) is 4.79 Å². The lowest BCUT2D eigenvalue weighted by atomic mass is 9.98. The van der Waals surface area contributed by atoms with Crippen molar-refractivity contribution >= 4 is 18.0 Å². The van der Waals surface area contributed by atoms with Crippen LogP contribution in [0.4, 0.5) is 4.79 Å². The number of carbonyl (C=O) groups is 3. The topological polar surface area (TPSA) is 125 Å². The standard InChI is InChI=1S/C25H28N2O6/c28-13-12-22(24(30)31)26-23(29)19-10-5-11-21(19)27-25(32)33-14-20-17-8-3-1-6-15(17)16-7-2-4-9-18(16)20/h1-4,6-9,19-22,28H,5,10-14H2,(H,26,29)(H,27,32)(H,30,31). The molecule has 0 aliphatic heterocycles. The highest BCUT2D eigenvalue weighted by Crippen LogP contribution is 2.44. The van der Waals surface area contributed by atoms with E-state index in [1.54, 1.807) is 0 Å². The Kier molecular flexibility index (Phi) is 6.93. The van der Waals surface area contributed by atoms with E-state index < -0.39 is 36.0 Å². The number of aliphatic hydroxyl groups excluding tert-OH is 1. The fraction of sp³-hybridized carbons (Fsp3) is 0.400. The fourth-order valence-electron chi connectivity index (χ4n) is 4.90. The predicted octanol–water partition coefficient (Wildman–Crippen LogP) is 2.65. The van der Waals surface area contributed by atoms with E-state index in [4.69, 9.17) is 9.84 Å². The molecule has 4 rings (SSSR count). The Morgan fingerprint density at radius 2 is 1.64 bits per heavy atom. The number of hydrogen-bond donors (Lipinski definition) is 4. The number of hydrogen-bond acceptors (Lipinski definition) is 5. The number of fused-ring (bicyclic) bond motifs is 3. The zero-order valence-corrected chi connectivity index (χ0v) is 18.2. The molecule has 2 aromatic carbocycles. The van der Waals surface area contributed by atoms with Gasteiger partial charge < -0.3 is 25.6 Å². The summed E-state index contributed by atoms with van der Waals surface area (Å²) in [6.07, 6.45) is 1.24. The van der Waals surface area contributed by atoms with Crippen LogP contribution in [-0.2, 0) is 14.3 Å². The molecular formula is C25H28N2O6. The normalized spacial score (nSPS) is 19.9. The maximum Gasteiger partial charge on any atom is 0.407 e. The molecule has 8 heteroatoms. The molecule has 0 saturated heterocycles. The Labute approximate surface area is 192 Å². The highest BCUT2D eigenvalue weighted by atomic mass is 16.5. The van der Waals surface area contributed by atoms with Crippen molar-refractivity contribution in [3.05, 3.63) is 59.7 Å². The van der Waals surface area contributed by atoms with Gasteiger partial charge in [0.25, 0.3) is 0 Å². The van der Waals surface area contributed by atoms with Crippen LogP contribution in [0.15, 0.2) is 48.5 Å². The third-order valence-electron chi connectivity index (χ3n) is 6.53. The van der Waals surface area contributed by atoms with E-state index in [1.807, 2.05) is 36.4 Å². The number of benzene rings is 2. The number of carboxylic acids is 1. The SMILES string of the molecule is O=C(NC1CCCC1C(=O)NC(CCO)C(=O)O)OCC1c2ccccc2-c2ccccc21. The van der Waals surface area contributed by atoms with Gasteiger partial charge in [0.2, 0.25) is 5.91 Å². The number of rotatable bonds is 8. The second-order valence-electron chi connectivity index (χ2n) is 8.53. The smallest absolute Gasteiger partial charge is 0.407 e. The van der Waals surface area contributed by atoms with Crippen LogP contribution in [-0.4, -0.2) is 53.5 Å². The van der Waals surface area contributed by atoms with Gasteiger partial charge in [0.05, 0.1) is 5.92 Å². The first-order valence-corrected chi connectivity index (χ1v) is 11.2. The number of carbonyl (C=O) groups excluding carboxylic acids is 2. The van der Waals surface area contributed by atoms with Crippen LogP contribution in [0.25, 0.3) is 11.1 Å². The number of nitrogens with one attached hydrogen (secondary N) is 2. The Bertz CT molecular complexity index is 994. The summed E-state index contributed by atoms with van der Waals surface area (Å²) < 4.78 is 5.58. The van der Waals surface area contributed by atoms with Crippen LogP contribution in [0.5, 0.6) is 0 Å². The minimum absolute atomic E-state index is 0.0550. The highest BCUT2D eigenvalue weighted by Gasteiger charge is 2.36. The summed E-state index contributed by atoms with van der Waals surface area (Å²) in [6, 6.07) is 14.6. The van der Waals surface area contributed by atoms with Gasteiger partial charge in [0, 0.05) is 25.0 Å². The molecule has 0 spiro atoms. The van der Waals surface area contributed by atoms with Gasteiger partial charge in [0.15, 0.2) is 0 Å². The van der Waals surface area contributed by atoms with Crippen LogP contribution in [0, 0.1) is 5.92 Å². The van der Waals surface area contributed by atoms with E-state index in [-0.39, 0.29) is 25.6 Å². The molecule has 2 aliphatic rings. The van der Waals surface area contributed by atoms with E-state index >= 15 is 0 Å². The third-order valence-corrected chi connectivity index (χ3v) is 6.53. The molecule has 1 fully saturated rings. The maximum atomic E-state index is 12.6. The number of carboxylic acid groups (broad SMARTS) is 1. The first kappa shape index (κ1) is 22.8.